The van der Waals surface area contributed by atoms with E-state index in [-0.39, 0.29) is 17.4 Å². The number of carbonyl (C=O) groups is 2. The summed E-state index contributed by atoms with van der Waals surface area (Å²) in [4.78, 5) is 32.2. The Labute approximate surface area is 164 Å². The van der Waals surface area contributed by atoms with E-state index < -0.39 is 0 Å². The number of anilines is 3. The average Bonchev–Trinajstić information content (AvgIpc) is 2.69. The first-order valence-corrected chi connectivity index (χ1v) is 9.04. The van der Waals surface area contributed by atoms with Gasteiger partial charge in [0.2, 0.25) is 0 Å². The van der Waals surface area contributed by atoms with Gasteiger partial charge in [-0.2, -0.15) is 0 Å². The Kier molecular flexibility index (Phi) is 5.79. The van der Waals surface area contributed by atoms with Crippen molar-refractivity contribution in [3.8, 4) is 0 Å². The predicted octanol–water partition coefficient (Wildman–Crippen LogP) is 4.80. The number of ketones is 1. The molecule has 28 heavy (non-hydrogen) atoms. The van der Waals surface area contributed by atoms with Gasteiger partial charge in [0.05, 0.1) is 12.4 Å². The van der Waals surface area contributed by atoms with E-state index in [0.29, 0.717) is 23.0 Å². The van der Waals surface area contributed by atoms with Gasteiger partial charge in [0.25, 0.3) is 5.91 Å². The molecule has 0 aliphatic heterocycles. The number of aromatic nitrogens is 2. The summed E-state index contributed by atoms with van der Waals surface area (Å²) in [5, 5.41) is 5.89. The number of Topliss-reactive ketones (excluding diaryl/α,β-unsaturated/α-hetero) is 1. The molecule has 1 aromatic heterocycles. The minimum atomic E-state index is -0.388. The maximum absolute atomic E-state index is 12.3. The highest BCUT2D eigenvalue weighted by Gasteiger charge is 2.10. The highest BCUT2D eigenvalue weighted by Crippen LogP contribution is 2.19. The van der Waals surface area contributed by atoms with E-state index in [1.54, 1.807) is 24.3 Å². The second-order valence-corrected chi connectivity index (χ2v) is 6.78. The molecule has 142 valence electrons. The molecule has 0 aliphatic carbocycles. The van der Waals surface area contributed by atoms with Crippen molar-refractivity contribution in [1.29, 1.82) is 0 Å². The number of nitrogens with zero attached hydrogens (tertiary/aromatic N) is 2. The fourth-order valence-electron chi connectivity index (χ4n) is 2.62. The second-order valence-electron chi connectivity index (χ2n) is 6.78. The van der Waals surface area contributed by atoms with Crippen LogP contribution in [-0.4, -0.2) is 21.7 Å². The summed E-state index contributed by atoms with van der Waals surface area (Å²) in [7, 11) is 0. The number of benzene rings is 2. The van der Waals surface area contributed by atoms with Crippen molar-refractivity contribution in [2.75, 3.05) is 10.6 Å². The molecule has 3 rings (SSSR count). The van der Waals surface area contributed by atoms with E-state index in [1.165, 1.54) is 24.9 Å². The lowest BCUT2D eigenvalue weighted by Gasteiger charge is -2.09. The van der Waals surface area contributed by atoms with Crippen molar-refractivity contribution in [1.82, 2.24) is 9.97 Å². The van der Waals surface area contributed by atoms with Gasteiger partial charge in [0.1, 0.15) is 11.5 Å². The molecule has 6 heteroatoms. The molecule has 0 unspecified atom stereocenters. The maximum atomic E-state index is 12.3. The van der Waals surface area contributed by atoms with Crippen molar-refractivity contribution in [3.63, 3.8) is 0 Å². The van der Waals surface area contributed by atoms with E-state index in [0.717, 1.165) is 5.69 Å². The Morgan fingerprint density at radius 3 is 2.29 bits per heavy atom. The first kappa shape index (κ1) is 19.2. The molecule has 2 aromatic carbocycles. The van der Waals surface area contributed by atoms with Crippen LogP contribution in [0, 0.1) is 0 Å². The van der Waals surface area contributed by atoms with Crippen LogP contribution in [0.2, 0.25) is 0 Å². The summed E-state index contributed by atoms with van der Waals surface area (Å²) >= 11 is 0. The van der Waals surface area contributed by atoms with Gasteiger partial charge in [-0.25, -0.2) is 9.97 Å². The van der Waals surface area contributed by atoms with Crippen LogP contribution in [0.15, 0.2) is 60.9 Å². The molecular weight excluding hydrogens is 352 g/mol. The molecule has 0 radical (unpaired) electrons. The Hall–Kier alpha value is -3.54. The Morgan fingerprint density at radius 1 is 0.929 bits per heavy atom. The molecule has 2 N–H and O–H groups in total. The van der Waals surface area contributed by atoms with E-state index in [9.17, 15) is 9.59 Å². The van der Waals surface area contributed by atoms with Gasteiger partial charge in [-0.05, 0) is 42.7 Å². The summed E-state index contributed by atoms with van der Waals surface area (Å²) in [6.07, 6.45) is 2.92. The van der Waals surface area contributed by atoms with Crippen molar-refractivity contribution in [2.24, 2.45) is 0 Å². The monoisotopic (exact) mass is 374 g/mol. The molecular formula is C22H22N4O2. The predicted molar refractivity (Wildman–Crippen MR) is 110 cm³/mol. The molecule has 1 amide bonds. The van der Waals surface area contributed by atoms with Gasteiger partial charge in [0.15, 0.2) is 5.78 Å². The van der Waals surface area contributed by atoms with Crippen molar-refractivity contribution in [3.05, 3.63) is 77.7 Å². The number of hydrogen-bond donors (Lipinski definition) is 2. The van der Waals surface area contributed by atoms with E-state index in [2.05, 4.69) is 46.6 Å². The topological polar surface area (TPSA) is 84.0 Å². The maximum Gasteiger partial charge on any atom is 0.275 e. The Balaban J connectivity index is 1.65. The van der Waals surface area contributed by atoms with Crippen LogP contribution in [0.3, 0.4) is 0 Å². The van der Waals surface area contributed by atoms with Crippen molar-refractivity contribution < 1.29 is 9.59 Å². The molecule has 0 aliphatic rings. The zero-order valence-corrected chi connectivity index (χ0v) is 16.1. The number of nitrogens with one attached hydrogen (secondary N) is 2. The van der Waals surface area contributed by atoms with Crippen molar-refractivity contribution >= 4 is 28.9 Å². The van der Waals surface area contributed by atoms with Gasteiger partial charge in [-0.1, -0.05) is 38.1 Å². The number of carbonyl (C=O) groups excluding carboxylic acids is 2. The fraction of sp³-hybridized carbons (Fsp3) is 0.182. The van der Waals surface area contributed by atoms with Crippen LogP contribution in [0.25, 0.3) is 0 Å². The highest BCUT2D eigenvalue weighted by molar-refractivity contribution is 6.03. The first-order valence-electron chi connectivity index (χ1n) is 9.04. The molecule has 6 nitrogen and oxygen atoms in total. The van der Waals surface area contributed by atoms with Gasteiger partial charge in [0, 0.05) is 16.9 Å². The van der Waals surface area contributed by atoms with E-state index >= 15 is 0 Å². The number of hydrogen-bond acceptors (Lipinski definition) is 5. The standard InChI is InChI=1S/C22H22N4O2/c1-14(2)16-7-9-18(10-8-16)25-21-13-23-20(12-24-21)22(28)26-19-6-4-5-17(11-19)15(3)27/h4-14H,1-3H3,(H,24,25)(H,26,28). The van der Waals surface area contributed by atoms with Gasteiger partial charge in [-0.15, -0.1) is 0 Å². The smallest absolute Gasteiger partial charge is 0.275 e. The van der Waals surface area contributed by atoms with Crippen LogP contribution in [-0.2, 0) is 0 Å². The quantitative estimate of drug-likeness (QED) is 0.606. The van der Waals surface area contributed by atoms with Crippen LogP contribution < -0.4 is 10.6 Å². The summed E-state index contributed by atoms with van der Waals surface area (Å²) in [6.45, 7) is 5.77. The third kappa shape index (κ3) is 4.79. The van der Waals surface area contributed by atoms with Crippen LogP contribution in [0.4, 0.5) is 17.2 Å². The van der Waals surface area contributed by atoms with E-state index in [1.807, 2.05) is 12.1 Å². The van der Waals surface area contributed by atoms with Crippen molar-refractivity contribution in [2.45, 2.75) is 26.7 Å². The van der Waals surface area contributed by atoms with Gasteiger partial charge in [-0.3, -0.25) is 9.59 Å². The van der Waals surface area contributed by atoms with E-state index in [4.69, 9.17) is 0 Å². The summed E-state index contributed by atoms with van der Waals surface area (Å²) in [5.74, 6) is 0.573. The second kappa shape index (κ2) is 8.43. The van der Waals surface area contributed by atoms with Crippen LogP contribution in [0.5, 0.6) is 0 Å². The average molecular weight is 374 g/mol. The Bertz CT molecular complexity index is 980. The zero-order chi connectivity index (χ0) is 20.1. The molecule has 1 heterocycles. The zero-order valence-electron chi connectivity index (χ0n) is 16.1. The first-order chi connectivity index (χ1) is 13.4. The number of amides is 1. The van der Waals surface area contributed by atoms with Gasteiger partial charge < -0.3 is 10.6 Å². The minimum Gasteiger partial charge on any atom is -0.339 e. The molecule has 0 atom stereocenters. The molecule has 0 fully saturated rings. The SMILES string of the molecule is CC(=O)c1cccc(NC(=O)c2cnc(Nc3ccc(C(C)C)cc3)cn2)c1. The molecule has 0 saturated carbocycles. The molecule has 0 bridgehead atoms. The normalized spacial score (nSPS) is 10.6. The minimum absolute atomic E-state index is 0.0623. The third-order valence-corrected chi connectivity index (χ3v) is 4.26. The molecule has 0 saturated heterocycles. The third-order valence-electron chi connectivity index (χ3n) is 4.26. The van der Waals surface area contributed by atoms with Gasteiger partial charge >= 0.3 is 0 Å². The lowest BCUT2D eigenvalue weighted by Crippen LogP contribution is -2.14. The highest BCUT2D eigenvalue weighted by atomic mass is 16.2. The Morgan fingerprint density at radius 2 is 1.68 bits per heavy atom. The fourth-order valence-corrected chi connectivity index (χ4v) is 2.62. The lowest BCUT2D eigenvalue weighted by atomic mass is 10.0. The number of rotatable bonds is 6. The summed E-state index contributed by atoms with van der Waals surface area (Å²) in [6, 6.07) is 14.9. The molecule has 0 spiro atoms. The van der Waals surface area contributed by atoms with Crippen LogP contribution in [0.1, 0.15) is 53.1 Å². The van der Waals surface area contributed by atoms with Crippen LogP contribution >= 0.6 is 0 Å². The molecule has 3 aromatic rings. The summed E-state index contributed by atoms with van der Waals surface area (Å²) < 4.78 is 0. The largest absolute Gasteiger partial charge is 0.339 e. The lowest BCUT2D eigenvalue weighted by molar-refractivity contribution is 0.100. The summed E-state index contributed by atoms with van der Waals surface area (Å²) in [5.41, 5.74) is 3.42.